The highest BCUT2D eigenvalue weighted by Gasteiger charge is 2.40. The maximum Gasteiger partial charge on any atom is 0.325 e. The summed E-state index contributed by atoms with van der Waals surface area (Å²) in [7, 11) is 1.26. The van der Waals surface area contributed by atoms with Crippen LogP contribution in [0.1, 0.15) is 18.4 Å². The molecule has 1 aromatic rings. The first kappa shape index (κ1) is 19.2. The van der Waals surface area contributed by atoms with Crippen LogP contribution < -0.4 is 4.90 Å². The van der Waals surface area contributed by atoms with E-state index in [0.717, 1.165) is 11.4 Å². The lowest BCUT2D eigenvalue weighted by molar-refractivity contribution is -0.152. The molecule has 1 atom stereocenters. The molecule has 10 nitrogen and oxygen atoms in total. The highest BCUT2D eigenvalue weighted by Crippen LogP contribution is 2.29. The fourth-order valence-electron chi connectivity index (χ4n) is 3.10. The molecule has 146 valence electrons. The molecule has 0 aromatic carbocycles. The number of anilines is 1. The number of ether oxygens (including phenoxy) is 1. The largest absolute Gasteiger partial charge is 0.468 e. The van der Waals surface area contributed by atoms with Crippen molar-refractivity contribution < 1.29 is 23.9 Å². The zero-order valence-corrected chi connectivity index (χ0v) is 16.0. The Morgan fingerprint density at radius 2 is 2.00 bits per heavy atom. The van der Waals surface area contributed by atoms with Crippen LogP contribution in [0.2, 0.25) is 0 Å². The van der Waals surface area contributed by atoms with Crippen molar-refractivity contribution in [2.45, 2.75) is 19.8 Å². The fraction of sp³-hybridized carbons (Fsp3) is 0.625. The summed E-state index contributed by atoms with van der Waals surface area (Å²) in [4.78, 5) is 52.9. The number of rotatable bonds is 5. The van der Waals surface area contributed by atoms with Gasteiger partial charge in [-0.2, -0.15) is 0 Å². The van der Waals surface area contributed by atoms with E-state index in [9.17, 15) is 19.2 Å². The molecule has 0 N–H and O–H groups in total. The number of aromatic nitrogens is 2. The molecule has 3 rings (SSSR count). The van der Waals surface area contributed by atoms with E-state index >= 15 is 0 Å². The Morgan fingerprint density at radius 3 is 2.63 bits per heavy atom. The molecule has 0 radical (unpaired) electrons. The summed E-state index contributed by atoms with van der Waals surface area (Å²) in [5.41, 5.74) is 0. The first-order valence-corrected chi connectivity index (χ1v) is 9.50. The number of piperazine rings is 1. The number of amides is 3. The maximum absolute atomic E-state index is 12.8. The fourth-order valence-corrected chi connectivity index (χ4v) is 3.90. The third kappa shape index (κ3) is 4.07. The average Bonchev–Trinajstić information content (AvgIpc) is 3.28. The number of esters is 1. The van der Waals surface area contributed by atoms with E-state index in [0.29, 0.717) is 11.7 Å². The highest BCUT2D eigenvalue weighted by atomic mass is 32.1. The molecule has 1 aromatic heterocycles. The van der Waals surface area contributed by atoms with Gasteiger partial charge in [-0.1, -0.05) is 18.3 Å². The summed E-state index contributed by atoms with van der Waals surface area (Å²) >= 11 is 1.35. The Balaban J connectivity index is 1.59. The van der Waals surface area contributed by atoms with Crippen molar-refractivity contribution in [3.05, 3.63) is 5.01 Å². The lowest BCUT2D eigenvalue weighted by Crippen LogP contribution is -2.54. The Kier molecular flexibility index (Phi) is 5.68. The number of carbonyl (C=O) groups excluding carboxylic acids is 4. The number of methoxy groups -OCH3 is 1. The third-order valence-corrected chi connectivity index (χ3v) is 5.73. The quantitative estimate of drug-likeness (QED) is 0.606. The second-order valence-electron chi connectivity index (χ2n) is 6.39. The smallest absolute Gasteiger partial charge is 0.325 e. The summed E-state index contributed by atoms with van der Waals surface area (Å²) in [6.07, 6.45) is 0.830. The van der Waals surface area contributed by atoms with E-state index in [2.05, 4.69) is 14.9 Å². The topological polar surface area (TPSA) is 113 Å². The van der Waals surface area contributed by atoms with Crippen molar-refractivity contribution in [1.82, 2.24) is 20.0 Å². The molecule has 3 heterocycles. The van der Waals surface area contributed by atoms with Crippen LogP contribution in [0.5, 0.6) is 0 Å². The molecule has 2 aliphatic heterocycles. The predicted molar refractivity (Wildman–Crippen MR) is 94.9 cm³/mol. The monoisotopic (exact) mass is 395 g/mol. The second kappa shape index (κ2) is 7.99. The van der Waals surface area contributed by atoms with Crippen molar-refractivity contribution in [1.29, 1.82) is 0 Å². The van der Waals surface area contributed by atoms with E-state index < -0.39 is 11.9 Å². The molecule has 0 bridgehead atoms. The van der Waals surface area contributed by atoms with Crippen LogP contribution in [0.3, 0.4) is 0 Å². The van der Waals surface area contributed by atoms with Crippen molar-refractivity contribution in [2.75, 3.05) is 44.7 Å². The second-order valence-corrected chi connectivity index (χ2v) is 7.43. The van der Waals surface area contributed by atoms with Crippen LogP contribution in [0.4, 0.5) is 5.13 Å². The normalized spacial score (nSPS) is 20.4. The Morgan fingerprint density at radius 1 is 1.22 bits per heavy atom. The summed E-state index contributed by atoms with van der Waals surface area (Å²) in [5.74, 6) is -1.70. The van der Waals surface area contributed by atoms with Crippen LogP contribution in [0.25, 0.3) is 0 Å². The van der Waals surface area contributed by atoms with Crippen LogP contribution >= 0.6 is 11.3 Å². The van der Waals surface area contributed by atoms with E-state index in [1.165, 1.54) is 33.1 Å². The first-order valence-electron chi connectivity index (χ1n) is 8.69. The molecule has 0 aliphatic carbocycles. The Hall–Kier alpha value is -2.56. The van der Waals surface area contributed by atoms with Gasteiger partial charge in [0.25, 0.3) is 0 Å². The van der Waals surface area contributed by atoms with Crippen LogP contribution in [0.15, 0.2) is 0 Å². The molecule has 11 heteroatoms. The van der Waals surface area contributed by atoms with E-state index in [1.807, 2.05) is 6.92 Å². The maximum atomic E-state index is 12.8. The Labute approximate surface area is 160 Å². The minimum Gasteiger partial charge on any atom is -0.468 e. The number of hydrogen-bond donors (Lipinski definition) is 0. The van der Waals surface area contributed by atoms with Crippen molar-refractivity contribution in [2.24, 2.45) is 5.92 Å². The van der Waals surface area contributed by atoms with Gasteiger partial charge >= 0.3 is 5.97 Å². The molecule has 0 saturated carbocycles. The molecular weight excluding hydrogens is 374 g/mol. The zero-order valence-electron chi connectivity index (χ0n) is 15.2. The average molecular weight is 395 g/mol. The lowest BCUT2D eigenvalue weighted by Gasteiger charge is -2.34. The molecular formula is C16H21N5O5S. The van der Waals surface area contributed by atoms with Gasteiger partial charge in [0.1, 0.15) is 11.6 Å². The summed E-state index contributed by atoms with van der Waals surface area (Å²) in [5, 5.41) is 9.38. The molecule has 2 aliphatic rings. The standard InChI is InChI=1S/C16H21N5O5S/c1-3-11-17-18-16(27-11)21-7-10(6-12(21)22)15(25)20-5-4-19(13(23)8-20)9-14(24)26-2/h10H,3-9H2,1-2H3. The molecule has 0 spiro atoms. The molecule has 2 fully saturated rings. The summed E-state index contributed by atoms with van der Waals surface area (Å²) in [6, 6.07) is 0. The van der Waals surface area contributed by atoms with Gasteiger partial charge in [-0.25, -0.2) is 0 Å². The van der Waals surface area contributed by atoms with Gasteiger partial charge in [0.15, 0.2) is 0 Å². The van der Waals surface area contributed by atoms with Crippen LogP contribution in [-0.2, 0) is 30.3 Å². The van der Waals surface area contributed by atoms with Crippen molar-refractivity contribution in [3.8, 4) is 0 Å². The van der Waals surface area contributed by atoms with Crippen LogP contribution in [-0.4, -0.2) is 83.5 Å². The van der Waals surface area contributed by atoms with Crippen molar-refractivity contribution in [3.63, 3.8) is 0 Å². The van der Waals surface area contributed by atoms with Gasteiger partial charge in [-0.3, -0.25) is 24.1 Å². The van der Waals surface area contributed by atoms with Crippen LogP contribution in [0, 0.1) is 5.92 Å². The molecule has 27 heavy (non-hydrogen) atoms. The number of nitrogens with zero attached hydrogens (tertiary/aromatic N) is 5. The summed E-state index contributed by atoms with van der Waals surface area (Å²) < 4.78 is 4.57. The van der Waals surface area contributed by atoms with Gasteiger partial charge in [-0.15, -0.1) is 10.2 Å². The van der Waals surface area contributed by atoms with Gasteiger partial charge in [0, 0.05) is 26.1 Å². The number of aryl methyl sites for hydroxylation is 1. The van der Waals surface area contributed by atoms with Gasteiger partial charge in [0.2, 0.25) is 22.9 Å². The Bertz CT molecular complexity index is 766. The van der Waals surface area contributed by atoms with E-state index in [1.54, 1.807) is 0 Å². The minimum atomic E-state index is -0.508. The molecule has 1 unspecified atom stereocenters. The summed E-state index contributed by atoms with van der Waals surface area (Å²) in [6.45, 7) is 2.57. The third-order valence-electron chi connectivity index (χ3n) is 4.64. The first-order chi connectivity index (χ1) is 12.9. The molecule has 3 amide bonds. The number of hydrogen-bond acceptors (Lipinski definition) is 8. The minimum absolute atomic E-state index is 0.0937. The predicted octanol–water partition coefficient (Wildman–Crippen LogP) is -0.703. The van der Waals surface area contributed by atoms with Gasteiger partial charge in [-0.05, 0) is 6.42 Å². The number of carbonyl (C=O) groups is 4. The van der Waals surface area contributed by atoms with Gasteiger partial charge < -0.3 is 14.5 Å². The molecule has 2 saturated heterocycles. The lowest BCUT2D eigenvalue weighted by atomic mass is 10.1. The van der Waals surface area contributed by atoms with Gasteiger partial charge in [0.05, 0.1) is 19.6 Å². The van der Waals surface area contributed by atoms with Crippen molar-refractivity contribution >= 4 is 40.2 Å². The van der Waals surface area contributed by atoms with E-state index in [-0.39, 0.29) is 50.3 Å². The zero-order chi connectivity index (χ0) is 19.6. The van der Waals surface area contributed by atoms with E-state index in [4.69, 9.17) is 0 Å². The SMILES string of the molecule is CCc1nnc(N2CC(C(=O)N3CCN(CC(=O)OC)C(=O)C3)CC2=O)s1. The highest BCUT2D eigenvalue weighted by molar-refractivity contribution is 7.15.